The molecule has 0 bridgehead atoms. The van der Waals surface area contributed by atoms with Crippen molar-refractivity contribution in [3.05, 3.63) is 72.8 Å². The van der Waals surface area contributed by atoms with Gasteiger partial charge in [0.15, 0.2) is 0 Å². The first-order valence-corrected chi connectivity index (χ1v) is 10.3. The molecular formula is C23H23N7O. The lowest BCUT2D eigenvalue weighted by molar-refractivity contribution is -0.130. The zero-order valence-corrected chi connectivity index (χ0v) is 17.0. The van der Waals surface area contributed by atoms with Gasteiger partial charge in [0, 0.05) is 55.5 Å². The number of hydrogen-bond acceptors (Lipinski definition) is 6. The summed E-state index contributed by atoms with van der Waals surface area (Å²) in [5.41, 5.74) is 2.11. The predicted molar refractivity (Wildman–Crippen MR) is 120 cm³/mol. The van der Waals surface area contributed by atoms with Crippen molar-refractivity contribution in [3.8, 4) is 0 Å². The van der Waals surface area contributed by atoms with Gasteiger partial charge < -0.3 is 20.1 Å². The van der Waals surface area contributed by atoms with Crippen LogP contribution in [-0.2, 0) is 11.2 Å². The van der Waals surface area contributed by atoms with Crippen LogP contribution in [0.3, 0.4) is 0 Å². The van der Waals surface area contributed by atoms with Gasteiger partial charge in [-0.25, -0.2) is 15.0 Å². The molecular weight excluding hydrogens is 390 g/mol. The highest BCUT2D eigenvalue weighted by Crippen LogP contribution is 2.21. The predicted octanol–water partition coefficient (Wildman–Crippen LogP) is 2.99. The molecule has 0 unspecified atom stereocenters. The second kappa shape index (κ2) is 8.43. The normalized spacial score (nSPS) is 14.1. The Morgan fingerprint density at radius 1 is 0.968 bits per heavy atom. The van der Waals surface area contributed by atoms with Crippen LogP contribution in [0.1, 0.15) is 5.56 Å². The first-order chi connectivity index (χ1) is 15.3. The summed E-state index contributed by atoms with van der Waals surface area (Å²) in [6, 6.07) is 15.7. The molecule has 0 aliphatic carbocycles. The van der Waals surface area contributed by atoms with Crippen LogP contribution < -0.4 is 10.2 Å². The van der Waals surface area contributed by atoms with Gasteiger partial charge >= 0.3 is 0 Å². The van der Waals surface area contributed by atoms with Crippen molar-refractivity contribution < 1.29 is 4.79 Å². The smallest absolute Gasteiger partial charge is 0.227 e. The van der Waals surface area contributed by atoms with Crippen LogP contribution in [0.5, 0.6) is 0 Å². The van der Waals surface area contributed by atoms with Crippen molar-refractivity contribution in [2.75, 3.05) is 36.4 Å². The number of amides is 1. The number of carbonyl (C=O) groups is 1. The third-order valence-electron chi connectivity index (χ3n) is 5.55. The molecule has 2 N–H and O–H groups in total. The number of para-hydroxylation sites is 1. The average Bonchev–Trinajstić information content (AvgIpc) is 3.23. The van der Waals surface area contributed by atoms with Gasteiger partial charge in [0.1, 0.15) is 23.8 Å². The molecule has 0 saturated carbocycles. The number of H-pyrrole nitrogens is 1. The van der Waals surface area contributed by atoms with E-state index in [0.29, 0.717) is 25.3 Å². The molecule has 5 rings (SSSR count). The van der Waals surface area contributed by atoms with Crippen LogP contribution in [0, 0.1) is 0 Å². The van der Waals surface area contributed by atoms with Crippen LogP contribution in [-0.4, -0.2) is 56.9 Å². The quantitative estimate of drug-likeness (QED) is 0.523. The molecule has 31 heavy (non-hydrogen) atoms. The summed E-state index contributed by atoms with van der Waals surface area (Å²) >= 11 is 0. The number of carbonyl (C=O) groups excluding carboxylic acids is 1. The van der Waals surface area contributed by atoms with Crippen molar-refractivity contribution in [2.45, 2.75) is 6.42 Å². The fraction of sp³-hybridized carbons (Fsp3) is 0.217. The van der Waals surface area contributed by atoms with Gasteiger partial charge in [-0.1, -0.05) is 24.3 Å². The van der Waals surface area contributed by atoms with E-state index in [2.05, 4.69) is 36.2 Å². The van der Waals surface area contributed by atoms with Crippen LogP contribution in [0.25, 0.3) is 10.9 Å². The van der Waals surface area contributed by atoms with Crippen molar-refractivity contribution in [1.29, 1.82) is 0 Å². The number of hydrogen-bond donors (Lipinski definition) is 2. The minimum atomic E-state index is 0.157. The van der Waals surface area contributed by atoms with Crippen LogP contribution in [0.4, 0.5) is 17.5 Å². The maximum atomic E-state index is 12.9. The molecule has 1 aliphatic heterocycles. The number of nitrogens with one attached hydrogen (secondary N) is 2. The summed E-state index contributed by atoms with van der Waals surface area (Å²) in [5, 5.41) is 4.31. The summed E-state index contributed by atoms with van der Waals surface area (Å²) < 4.78 is 0. The Bertz CT molecular complexity index is 1180. The molecule has 1 amide bonds. The zero-order valence-electron chi connectivity index (χ0n) is 17.0. The minimum Gasteiger partial charge on any atom is -0.361 e. The Morgan fingerprint density at radius 2 is 1.81 bits per heavy atom. The fourth-order valence-corrected chi connectivity index (χ4v) is 3.89. The molecule has 1 saturated heterocycles. The molecule has 0 atom stereocenters. The van der Waals surface area contributed by atoms with Crippen molar-refractivity contribution >= 4 is 34.3 Å². The number of aromatic nitrogens is 4. The maximum Gasteiger partial charge on any atom is 0.227 e. The third kappa shape index (κ3) is 4.18. The lowest BCUT2D eigenvalue weighted by atomic mass is 10.1. The number of fused-ring (bicyclic) bond motifs is 1. The van der Waals surface area contributed by atoms with E-state index in [1.165, 1.54) is 0 Å². The number of anilines is 3. The monoisotopic (exact) mass is 413 g/mol. The summed E-state index contributed by atoms with van der Waals surface area (Å²) in [6.45, 7) is 2.82. The Labute approximate surface area is 180 Å². The van der Waals surface area contributed by atoms with E-state index in [0.717, 1.165) is 41.2 Å². The standard InChI is InChI=1S/C23H23N7O/c31-23(13-17-15-25-19-6-2-1-5-18(17)19)30-11-9-29(10-12-30)22-14-21(26-16-27-22)28-20-7-3-4-8-24-20/h1-8,14-16,25H,9-13H2,(H,24,26,27,28). The first kappa shape index (κ1) is 19.0. The number of pyridine rings is 1. The molecule has 1 aliphatic rings. The summed E-state index contributed by atoms with van der Waals surface area (Å²) in [7, 11) is 0. The summed E-state index contributed by atoms with van der Waals surface area (Å²) in [4.78, 5) is 33.2. The first-order valence-electron chi connectivity index (χ1n) is 10.3. The Morgan fingerprint density at radius 3 is 2.65 bits per heavy atom. The second-order valence-corrected chi connectivity index (χ2v) is 7.51. The van der Waals surface area contributed by atoms with Crippen molar-refractivity contribution in [2.24, 2.45) is 0 Å². The molecule has 0 radical (unpaired) electrons. The molecule has 8 nitrogen and oxygen atoms in total. The molecule has 156 valence electrons. The highest BCUT2D eigenvalue weighted by molar-refractivity contribution is 5.89. The van der Waals surface area contributed by atoms with Crippen molar-refractivity contribution in [3.63, 3.8) is 0 Å². The van der Waals surface area contributed by atoms with E-state index in [-0.39, 0.29) is 5.91 Å². The number of nitrogens with zero attached hydrogens (tertiary/aromatic N) is 5. The Balaban J connectivity index is 1.20. The molecule has 0 spiro atoms. The Hall–Kier alpha value is -3.94. The van der Waals surface area contributed by atoms with E-state index in [9.17, 15) is 4.79 Å². The van der Waals surface area contributed by atoms with Gasteiger partial charge in [-0.3, -0.25) is 4.79 Å². The topological polar surface area (TPSA) is 90.0 Å². The Kier molecular flexibility index (Phi) is 5.18. The number of piperazine rings is 1. The molecule has 1 fully saturated rings. The van der Waals surface area contributed by atoms with E-state index >= 15 is 0 Å². The number of benzene rings is 1. The third-order valence-corrected chi connectivity index (χ3v) is 5.55. The molecule has 8 heteroatoms. The highest BCUT2D eigenvalue weighted by Gasteiger charge is 2.23. The van der Waals surface area contributed by atoms with E-state index < -0.39 is 0 Å². The van der Waals surface area contributed by atoms with Crippen LogP contribution in [0.15, 0.2) is 67.3 Å². The highest BCUT2D eigenvalue weighted by atomic mass is 16.2. The van der Waals surface area contributed by atoms with E-state index in [1.54, 1.807) is 12.5 Å². The van der Waals surface area contributed by atoms with Gasteiger partial charge in [0.05, 0.1) is 6.42 Å². The average molecular weight is 413 g/mol. The minimum absolute atomic E-state index is 0.157. The fourth-order valence-electron chi connectivity index (χ4n) is 3.89. The number of aromatic amines is 1. The van der Waals surface area contributed by atoms with E-state index in [4.69, 9.17) is 0 Å². The van der Waals surface area contributed by atoms with Crippen molar-refractivity contribution in [1.82, 2.24) is 24.8 Å². The van der Waals surface area contributed by atoms with Gasteiger partial charge in [0.2, 0.25) is 5.91 Å². The SMILES string of the molecule is O=C(Cc1c[nH]c2ccccc12)N1CCN(c2cc(Nc3ccccn3)ncn2)CC1. The van der Waals surface area contributed by atoms with Crippen LogP contribution in [0.2, 0.25) is 0 Å². The molecule has 3 aromatic heterocycles. The zero-order chi connectivity index (χ0) is 21.0. The molecule has 4 heterocycles. The molecule has 4 aromatic rings. The lowest BCUT2D eigenvalue weighted by Crippen LogP contribution is -2.49. The van der Waals surface area contributed by atoms with Gasteiger partial charge in [-0.15, -0.1) is 0 Å². The van der Waals surface area contributed by atoms with E-state index in [1.807, 2.05) is 53.6 Å². The largest absolute Gasteiger partial charge is 0.361 e. The lowest BCUT2D eigenvalue weighted by Gasteiger charge is -2.35. The maximum absolute atomic E-state index is 12.9. The van der Waals surface area contributed by atoms with Gasteiger partial charge in [0.25, 0.3) is 0 Å². The van der Waals surface area contributed by atoms with Gasteiger partial charge in [-0.05, 0) is 23.8 Å². The number of rotatable bonds is 5. The van der Waals surface area contributed by atoms with Crippen LogP contribution >= 0.6 is 0 Å². The summed E-state index contributed by atoms with van der Waals surface area (Å²) in [6.07, 6.45) is 5.64. The molecule has 1 aromatic carbocycles. The second-order valence-electron chi connectivity index (χ2n) is 7.51. The summed E-state index contributed by atoms with van der Waals surface area (Å²) in [5.74, 6) is 2.43. The van der Waals surface area contributed by atoms with Gasteiger partial charge in [-0.2, -0.15) is 0 Å².